The van der Waals surface area contributed by atoms with Crippen molar-refractivity contribution in [1.82, 2.24) is 5.32 Å². The first-order chi connectivity index (χ1) is 11.5. The summed E-state index contributed by atoms with van der Waals surface area (Å²) in [4.78, 5) is 12.2. The summed E-state index contributed by atoms with van der Waals surface area (Å²) in [7, 11) is -1.03. The average molecular weight is 366 g/mol. The lowest BCUT2D eigenvalue weighted by Crippen LogP contribution is -2.17. The third-order valence-electron chi connectivity index (χ3n) is 3.27. The first-order valence-corrected chi connectivity index (χ1v) is 8.96. The quantitative estimate of drug-likeness (QED) is 0.762. The first-order valence-electron chi connectivity index (χ1n) is 7.04. The van der Waals surface area contributed by atoms with Crippen molar-refractivity contribution in [3.05, 3.63) is 76.9 Å². The van der Waals surface area contributed by atoms with Crippen LogP contribution in [-0.2, 0) is 13.6 Å². The summed E-state index contributed by atoms with van der Waals surface area (Å²) in [6.45, 7) is 0. The molecule has 5 nitrogen and oxygen atoms in total. The zero-order valence-electron chi connectivity index (χ0n) is 13.2. The molecule has 1 amide bonds. The van der Waals surface area contributed by atoms with Crippen molar-refractivity contribution in [2.24, 2.45) is 0 Å². The molecular formula is C17H17ClNO4P. The number of carbonyl (C=O) groups excluding carboxylic acids is 1. The van der Waals surface area contributed by atoms with Crippen LogP contribution in [0.15, 0.2) is 60.8 Å². The number of nitrogens with one attached hydrogen (secondary N) is 1. The van der Waals surface area contributed by atoms with Crippen molar-refractivity contribution < 1.29 is 18.4 Å². The molecule has 0 atom stereocenters. The van der Waals surface area contributed by atoms with Crippen LogP contribution in [0.2, 0.25) is 5.02 Å². The molecule has 0 bridgehead atoms. The molecule has 126 valence electrons. The highest BCUT2D eigenvalue weighted by molar-refractivity contribution is 7.65. The Balaban J connectivity index is 2.39. The van der Waals surface area contributed by atoms with Gasteiger partial charge in [0.1, 0.15) is 0 Å². The van der Waals surface area contributed by atoms with E-state index in [4.69, 9.17) is 20.6 Å². The van der Waals surface area contributed by atoms with E-state index in [0.717, 1.165) is 0 Å². The van der Waals surface area contributed by atoms with Gasteiger partial charge in [0.25, 0.3) is 5.91 Å². The van der Waals surface area contributed by atoms with E-state index in [0.29, 0.717) is 16.1 Å². The van der Waals surface area contributed by atoms with Crippen LogP contribution in [0.5, 0.6) is 0 Å². The molecule has 2 aromatic rings. The van der Waals surface area contributed by atoms with Gasteiger partial charge in [-0.25, -0.2) is 0 Å². The highest BCUT2D eigenvalue weighted by atomic mass is 35.5. The largest absolute Gasteiger partial charge is 0.362 e. The normalized spacial score (nSPS) is 12.0. The van der Waals surface area contributed by atoms with Crippen molar-refractivity contribution in [3.8, 4) is 0 Å². The zero-order chi connectivity index (χ0) is 17.6. The molecule has 0 radical (unpaired) electrons. The highest BCUT2D eigenvalue weighted by Crippen LogP contribution is 2.59. The summed E-state index contributed by atoms with van der Waals surface area (Å²) >= 11 is 6.00. The van der Waals surface area contributed by atoms with Gasteiger partial charge in [0.15, 0.2) is 0 Å². The zero-order valence-corrected chi connectivity index (χ0v) is 14.9. The molecule has 0 fully saturated rings. The minimum Gasteiger partial charge on any atom is -0.328 e. The summed E-state index contributed by atoms with van der Waals surface area (Å²) in [6, 6.07) is 15.4. The average Bonchev–Trinajstić information content (AvgIpc) is 2.62. The van der Waals surface area contributed by atoms with E-state index in [-0.39, 0.29) is 11.2 Å². The number of amides is 1. The van der Waals surface area contributed by atoms with Gasteiger partial charge >= 0.3 is 7.60 Å². The van der Waals surface area contributed by atoms with Gasteiger partial charge in [-0.15, -0.1) is 0 Å². The molecule has 0 aromatic heterocycles. The maximum atomic E-state index is 12.8. The van der Waals surface area contributed by atoms with Crippen molar-refractivity contribution in [3.63, 3.8) is 0 Å². The fraction of sp³-hybridized carbons (Fsp3) is 0.118. The lowest BCUT2D eigenvalue weighted by molar-refractivity contribution is 0.0970. The Labute approximate surface area is 145 Å². The van der Waals surface area contributed by atoms with Crippen molar-refractivity contribution in [2.45, 2.75) is 0 Å². The Kier molecular flexibility index (Phi) is 6.35. The summed E-state index contributed by atoms with van der Waals surface area (Å²) in [5.41, 5.74) is 1.01. The number of rotatable bonds is 6. The monoisotopic (exact) mass is 365 g/mol. The summed E-state index contributed by atoms with van der Waals surface area (Å²) in [5, 5.41) is 3.29. The van der Waals surface area contributed by atoms with E-state index in [9.17, 15) is 9.36 Å². The summed E-state index contributed by atoms with van der Waals surface area (Å²) in [5.74, 6) is -0.339. The molecule has 0 aliphatic heterocycles. The fourth-order valence-corrected chi connectivity index (χ4v) is 3.46. The molecular weight excluding hydrogens is 349 g/mol. The van der Waals surface area contributed by atoms with Gasteiger partial charge in [0.2, 0.25) is 0 Å². The van der Waals surface area contributed by atoms with E-state index < -0.39 is 7.60 Å². The minimum absolute atomic E-state index is 0.208. The van der Waals surface area contributed by atoms with Gasteiger partial charge in [-0.2, -0.15) is 0 Å². The topological polar surface area (TPSA) is 64.6 Å². The highest BCUT2D eigenvalue weighted by Gasteiger charge is 2.29. The van der Waals surface area contributed by atoms with Crippen LogP contribution in [0.3, 0.4) is 0 Å². The van der Waals surface area contributed by atoms with Crippen LogP contribution < -0.4 is 5.32 Å². The van der Waals surface area contributed by atoms with Crippen LogP contribution in [0, 0.1) is 0 Å². The maximum Gasteiger partial charge on any atom is 0.362 e. The molecule has 0 unspecified atom stereocenters. The van der Waals surface area contributed by atoms with Gasteiger partial charge in [0, 0.05) is 31.0 Å². The molecule has 7 heteroatoms. The standard InChI is InChI=1S/C17H17ClNO4P/c1-22-24(21,23-2)16(14-9-6-10-15(18)11-14)12-19-17(20)13-7-4-3-5-8-13/h3-12H,1-2H3,(H,19,20). The first kappa shape index (κ1) is 18.4. The second kappa shape index (κ2) is 8.27. The Bertz CT molecular complexity index is 784. The Morgan fingerprint density at radius 3 is 2.25 bits per heavy atom. The van der Waals surface area contributed by atoms with E-state index in [1.165, 1.54) is 20.4 Å². The molecule has 0 saturated heterocycles. The van der Waals surface area contributed by atoms with Gasteiger partial charge in [-0.05, 0) is 29.8 Å². The van der Waals surface area contributed by atoms with Crippen molar-refractivity contribution in [1.29, 1.82) is 0 Å². The molecule has 0 saturated carbocycles. The van der Waals surface area contributed by atoms with E-state index in [1.807, 2.05) is 6.07 Å². The van der Waals surface area contributed by atoms with Crippen molar-refractivity contribution >= 4 is 30.4 Å². The number of benzene rings is 2. The van der Waals surface area contributed by atoms with Crippen molar-refractivity contribution in [2.75, 3.05) is 14.2 Å². The smallest absolute Gasteiger partial charge is 0.328 e. The molecule has 1 N–H and O–H groups in total. The maximum absolute atomic E-state index is 12.8. The minimum atomic E-state index is -3.59. The predicted octanol–water partition coefficient (Wildman–Crippen LogP) is 4.55. The second-order valence-corrected chi connectivity index (χ2v) is 7.39. The Morgan fingerprint density at radius 2 is 1.67 bits per heavy atom. The van der Waals surface area contributed by atoms with Crippen LogP contribution in [-0.4, -0.2) is 20.1 Å². The molecule has 0 spiro atoms. The second-order valence-electron chi connectivity index (χ2n) is 4.74. The van der Waals surface area contributed by atoms with Crippen LogP contribution in [0.4, 0.5) is 0 Å². The molecule has 0 heterocycles. The third-order valence-corrected chi connectivity index (χ3v) is 5.45. The molecule has 0 aliphatic carbocycles. The number of hydrogen-bond acceptors (Lipinski definition) is 4. The number of carbonyl (C=O) groups is 1. The summed E-state index contributed by atoms with van der Waals surface area (Å²) in [6.07, 6.45) is 1.33. The number of hydrogen-bond donors (Lipinski definition) is 1. The molecule has 2 aromatic carbocycles. The van der Waals surface area contributed by atoms with Crippen LogP contribution >= 0.6 is 19.2 Å². The lowest BCUT2D eigenvalue weighted by atomic mass is 10.2. The molecule has 2 rings (SSSR count). The van der Waals surface area contributed by atoms with E-state index in [1.54, 1.807) is 48.5 Å². The van der Waals surface area contributed by atoms with Crippen LogP contribution in [0.1, 0.15) is 15.9 Å². The Morgan fingerprint density at radius 1 is 1.04 bits per heavy atom. The molecule has 24 heavy (non-hydrogen) atoms. The lowest BCUT2D eigenvalue weighted by Gasteiger charge is -2.18. The van der Waals surface area contributed by atoms with E-state index in [2.05, 4.69) is 5.32 Å². The fourth-order valence-electron chi connectivity index (χ4n) is 2.05. The van der Waals surface area contributed by atoms with Gasteiger partial charge < -0.3 is 14.4 Å². The SMILES string of the molecule is COP(=O)(OC)C(=CNC(=O)c1ccccc1)c1cccc(Cl)c1. The van der Waals surface area contributed by atoms with Gasteiger partial charge in [-0.1, -0.05) is 41.9 Å². The third kappa shape index (κ3) is 4.34. The van der Waals surface area contributed by atoms with Crippen LogP contribution in [0.25, 0.3) is 5.31 Å². The van der Waals surface area contributed by atoms with E-state index >= 15 is 0 Å². The van der Waals surface area contributed by atoms with Gasteiger partial charge in [-0.3, -0.25) is 9.36 Å². The number of halogens is 1. The molecule has 0 aliphatic rings. The summed E-state index contributed by atoms with van der Waals surface area (Å²) < 4.78 is 22.9. The predicted molar refractivity (Wildman–Crippen MR) is 95.0 cm³/mol. The van der Waals surface area contributed by atoms with Gasteiger partial charge in [0.05, 0.1) is 5.31 Å². The Hall–Kier alpha value is -1.91.